The quantitative estimate of drug-likeness (QED) is 0.566. The minimum absolute atomic E-state index is 0.762. The van der Waals surface area contributed by atoms with E-state index in [1.54, 1.807) is 7.05 Å². The van der Waals surface area contributed by atoms with E-state index in [1.165, 1.54) is 11.1 Å². The van der Waals surface area contributed by atoms with Crippen LogP contribution in [0.25, 0.3) is 0 Å². The molecule has 2 N–H and O–H groups in total. The van der Waals surface area contributed by atoms with Crippen LogP contribution in [-0.2, 0) is 19.5 Å². The molecule has 28 heavy (non-hydrogen) atoms. The summed E-state index contributed by atoms with van der Waals surface area (Å²) in [6, 6.07) is 14.9. The summed E-state index contributed by atoms with van der Waals surface area (Å²) < 4.78 is 0. The molecule has 1 saturated heterocycles. The van der Waals surface area contributed by atoms with Gasteiger partial charge in [0.05, 0.1) is 0 Å². The lowest BCUT2D eigenvalue weighted by Crippen LogP contribution is -2.43. The molecule has 0 bridgehead atoms. The van der Waals surface area contributed by atoms with E-state index >= 15 is 0 Å². The van der Waals surface area contributed by atoms with Crippen molar-refractivity contribution < 1.29 is 0 Å². The maximum atomic E-state index is 4.34. The fourth-order valence-electron chi connectivity index (χ4n) is 3.29. The molecule has 1 aromatic carbocycles. The molecule has 1 aliphatic rings. The topological polar surface area (TPSA) is 55.8 Å². The highest BCUT2D eigenvalue weighted by Crippen LogP contribution is 2.09. The van der Waals surface area contributed by atoms with Gasteiger partial charge in [-0.2, -0.15) is 0 Å². The highest BCUT2D eigenvalue weighted by Gasteiger charge is 2.13. The molecule has 1 aromatic heterocycles. The van der Waals surface area contributed by atoms with Gasteiger partial charge < -0.3 is 15.5 Å². The molecule has 1 fully saturated rings. The number of guanidine groups is 1. The molecule has 0 radical (unpaired) electrons. The summed E-state index contributed by atoms with van der Waals surface area (Å²) in [5.74, 6) is 0.817. The van der Waals surface area contributed by atoms with Crippen molar-refractivity contribution in [1.29, 1.82) is 0 Å². The van der Waals surface area contributed by atoms with Crippen LogP contribution in [0.2, 0.25) is 0 Å². The summed E-state index contributed by atoms with van der Waals surface area (Å²) >= 11 is 0. The van der Waals surface area contributed by atoms with Crippen molar-refractivity contribution >= 4 is 5.96 Å². The van der Waals surface area contributed by atoms with Crippen LogP contribution in [0.15, 0.2) is 53.7 Å². The first-order chi connectivity index (χ1) is 13.7. The average molecular weight is 381 g/mol. The number of rotatable bonds is 7. The van der Waals surface area contributed by atoms with Crippen molar-refractivity contribution in [3.05, 3.63) is 65.5 Å². The Bertz CT molecular complexity index is 720. The molecule has 6 heteroatoms. The van der Waals surface area contributed by atoms with Gasteiger partial charge >= 0.3 is 0 Å². The van der Waals surface area contributed by atoms with Crippen LogP contribution in [0.3, 0.4) is 0 Å². The number of nitrogens with one attached hydrogen (secondary N) is 2. The summed E-state index contributed by atoms with van der Waals surface area (Å²) in [6.07, 6.45) is 2.71. The summed E-state index contributed by atoms with van der Waals surface area (Å²) in [5.41, 5.74) is 3.72. The van der Waals surface area contributed by atoms with Crippen molar-refractivity contribution in [2.45, 2.75) is 19.5 Å². The van der Waals surface area contributed by atoms with Crippen molar-refractivity contribution in [3.63, 3.8) is 0 Å². The number of aliphatic imine (C=N–C) groups is 1. The van der Waals surface area contributed by atoms with Crippen molar-refractivity contribution in [2.75, 3.05) is 46.8 Å². The highest BCUT2D eigenvalue weighted by atomic mass is 15.2. The number of hydrogen-bond acceptors (Lipinski definition) is 4. The molecule has 0 saturated carbocycles. The predicted octanol–water partition coefficient (Wildman–Crippen LogP) is 1.74. The van der Waals surface area contributed by atoms with E-state index in [2.05, 4.69) is 61.7 Å². The van der Waals surface area contributed by atoms with Crippen LogP contribution in [0.1, 0.15) is 16.8 Å². The smallest absolute Gasteiger partial charge is 0.191 e. The fraction of sp³-hybridized carbons (Fsp3) is 0.455. The largest absolute Gasteiger partial charge is 0.356 e. The average Bonchev–Trinajstić information content (AvgIpc) is 2.74. The molecule has 2 heterocycles. The van der Waals surface area contributed by atoms with Gasteiger partial charge in [-0.15, -0.1) is 0 Å². The van der Waals surface area contributed by atoms with Gasteiger partial charge in [-0.3, -0.25) is 14.9 Å². The maximum Gasteiger partial charge on any atom is 0.191 e. The molecule has 0 spiro atoms. The van der Waals surface area contributed by atoms with Gasteiger partial charge in [0.15, 0.2) is 5.96 Å². The SMILES string of the molecule is CN=C(NCCc1ccccn1)NCc1ccc(CN2CCN(C)CC2)cc1. The summed E-state index contributed by atoms with van der Waals surface area (Å²) in [5, 5.41) is 6.73. The Balaban J connectivity index is 1.39. The van der Waals surface area contributed by atoms with Crippen LogP contribution < -0.4 is 10.6 Å². The zero-order valence-corrected chi connectivity index (χ0v) is 17.1. The molecule has 1 aliphatic heterocycles. The van der Waals surface area contributed by atoms with Gasteiger partial charge in [0.2, 0.25) is 0 Å². The van der Waals surface area contributed by atoms with Crippen LogP contribution in [0.4, 0.5) is 0 Å². The van der Waals surface area contributed by atoms with Gasteiger partial charge in [0.1, 0.15) is 0 Å². The molecule has 0 atom stereocenters. The molecular formula is C22H32N6. The number of hydrogen-bond donors (Lipinski definition) is 2. The molecule has 0 aliphatic carbocycles. The zero-order chi connectivity index (χ0) is 19.6. The summed E-state index contributed by atoms with van der Waals surface area (Å²) in [6.45, 7) is 7.24. The van der Waals surface area contributed by atoms with E-state index < -0.39 is 0 Å². The van der Waals surface area contributed by atoms with Crippen LogP contribution in [0, 0.1) is 0 Å². The van der Waals surface area contributed by atoms with Gasteiger partial charge in [-0.05, 0) is 30.3 Å². The van der Waals surface area contributed by atoms with Crippen LogP contribution in [0.5, 0.6) is 0 Å². The Labute approximate surface area is 168 Å². The molecule has 150 valence electrons. The molecule has 6 nitrogen and oxygen atoms in total. The third kappa shape index (κ3) is 6.62. The third-order valence-corrected chi connectivity index (χ3v) is 5.11. The maximum absolute atomic E-state index is 4.34. The lowest BCUT2D eigenvalue weighted by atomic mass is 10.1. The van der Waals surface area contributed by atoms with E-state index in [9.17, 15) is 0 Å². The standard InChI is InChI=1S/C22H32N6/c1-23-22(25-12-10-21-5-3-4-11-24-21)26-17-19-6-8-20(9-7-19)18-28-15-13-27(2)14-16-28/h3-9,11H,10,12-18H2,1-2H3,(H2,23,25,26). The molecule has 0 amide bonds. The normalized spacial score (nSPS) is 16.1. The number of piperazine rings is 1. The zero-order valence-electron chi connectivity index (χ0n) is 17.1. The van der Waals surface area contributed by atoms with E-state index in [-0.39, 0.29) is 0 Å². The second-order valence-corrected chi connectivity index (χ2v) is 7.32. The number of nitrogens with zero attached hydrogens (tertiary/aromatic N) is 4. The first-order valence-electron chi connectivity index (χ1n) is 10.1. The monoisotopic (exact) mass is 380 g/mol. The first kappa shape index (κ1) is 20.3. The number of aromatic nitrogens is 1. The molecule has 3 rings (SSSR count). The second kappa shape index (κ2) is 10.8. The fourth-order valence-corrected chi connectivity index (χ4v) is 3.29. The minimum Gasteiger partial charge on any atom is -0.356 e. The van der Waals surface area contributed by atoms with E-state index in [0.29, 0.717) is 0 Å². The predicted molar refractivity (Wildman–Crippen MR) is 115 cm³/mol. The van der Waals surface area contributed by atoms with Crippen molar-refractivity contribution in [3.8, 4) is 0 Å². The van der Waals surface area contributed by atoms with Gasteiger partial charge in [-0.1, -0.05) is 30.3 Å². The lowest BCUT2D eigenvalue weighted by molar-refractivity contribution is 0.148. The van der Waals surface area contributed by atoms with Gasteiger partial charge in [0.25, 0.3) is 0 Å². The summed E-state index contributed by atoms with van der Waals surface area (Å²) in [7, 11) is 4.00. The third-order valence-electron chi connectivity index (χ3n) is 5.11. The number of benzene rings is 1. The Morgan fingerprint density at radius 3 is 2.43 bits per heavy atom. The van der Waals surface area contributed by atoms with E-state index in [0.717, 1.165) is 63.9 Å². The van der Waals surface area contributed by atoms with Gasteiger partial charge in [-0.25, -0.2) is 0 Å². The first-order valence-corrected chi connectivity index (χ1v) is 10.1. The molecule has 0 unspecified atom stereocenters. The number of likely N-dealkylation sites (N-methyl/N-ethyl adjacent to an activating group) is 1. The van der Waals surface area contributed by atoms with E-state index in [1.807, 2.05) is 24.4 Å². The van der Waals surface area contributed by atoms with Gasteiger partial charge in [0, 0.05) is 71.2 Å². The van der Waals surface area contributed by atoms with Crippen molar-refractivity contribution in [1.82, 2.24) is 25.4 Å². The van der Waals surface area contributed by atoms with Crippen LogP contribution >= 0.6 is 0 Å². The van der Waals surface area contributed by atoms with E-state index in [4.69, 9.17) is 0 Å². The second-order valence-electron chi connectivity index (χ2n) is 7.32. The van der Waals surface area contributed by atoms with Crippen LogP contribution in [-0.4, -0.2) is 67.6 Å². The molecular weight excluding hydrogens is 348 g/mol. The Morgan fingerprint density at radius 1 is 1.00 bits per heavy atom. The Hall–Kier alpha value is -2.44. The highest BCUT2D eigenvalue weighted by molar-refractivity contribution is 5.79. The Kier molecular flexibility index (Phi) is 7.82. The number of pyridine rings is 1. The molecule has 2 aromatic rings. The van der Waals surface area contributed by atoms with Crippen molar-refractivity contribution in [2.24, 2.45) is 4.99 Å². The Morgan fingerprint density at radius 2 is 1.75 bits per heavy atom. The summed E-state index contributed by atoms with van der Waals surface area (Å²) in [4.78, 5) is 13.6. The lowest BCUT2D eigenvalue weighted by Gasteiger charge is -2.32. The minimum atomic E-state index is 0.762.